The van der Waals surface area contributed by atoms with Crippen molar-refractivity contribution in [2.45, 2.75) is 32.7 Å². The predicted octanol–water partition coefficient (Wildman–Crippen LogP) is 2.16. The average molecular weight is 389 g/mol. The highest BCUT2D eigenvalue weighted by molar-refractivity contribution is 6.33. The van der Waals surface area contributed by atoms with E-state index in [-0.39, 0.29) is 24.1 Å². The lowest BCUT2D eigenvalue weighted by atomic mass is 10.1. The molecule has 2 aromatic rings. The van der Waals surface area contributed by atoms with Gasteiger partial charge in [-0.3, -0.25) is 9.59 Å². The molecule has 142 valence electrons. The van der Waals surface area contributed by atoms with Gasteiger partial charge in [-0.25, -0.2) is 4.79 Å². The van der Waals surface area contributed by atoms with Gasteiger partial charge >= 0.3 is 5.69 Å². The lowest BCUT2D eigenvalue weighted by Crippen LogP contribution is -2.38. The second-order valence-corrected chi connectivity index (χ2v) is 7.43. The van der Waals surface area contributed by atoms with Crippen LogP contribution in [0.4, 0.5) is 5.69 Å². The zero-order valence-corrected chi connectivity index (χ0v) is 15.9. The van der Waals surface area contributed by atoms with Crippen molar-refractivity contribution < 1.29 is 9.59 Å². The number of nitrogens with zero attached hydrogens (tertiary/aromatic N) is 2. The van der Waals surface area contributed by atoms with Gasteiger partial charge in [0.05, 0.1) is 16.8 Å². The van der Waals surface area contributed by atoms with E-state index in [4.69, 9.17) is 11.6 Å². The first-order chi connectivity index (χ1) is 12.8. The third-order valence-electron chi connectivity index (χ3n) is 4.26. The molecule has 1 fully saturated rings. The smallest absolute Gasteiger partial charge is 0.345 e. The Labute approximate surface area is 161 Å². The minimum absolute atomic E-state index is 0.0537. The van der Waals surface area contributed by atoms with Gasteiger partial charge < -0.3 is 15.2 Å². The Morgan fingerprint density at radius 3 is 2.81 bits per heavy atom. The largest absolute Gasteiger partial charge is 0.346 e. The molecule has 2 heterocycles. The fourth-order valence-corrected chi connectivity index (χ4v) is 3.38. The monoisotopic (exact) mass is 388 g/mol. The number of benzene rings is 1. The number of amides is 2. The van der Waals surface area contributed by atoms with Gasteiger partial charge in [-0.1, -0.05) is 37.6 Å². The van der Waals surface area contributed by atoms with Crippen molar-refractivity contribution in [3.8, 4) is 0 Å². The summed E-state index contributed by atoms with van der Waals surface area (Å²) in [6.07, 6.45) is 0.805. The van der Waals surface area contributed by atoms with Crippen LogP contribution in [0.5, 0.6) is 0 Å². The van der Waals surface area contributed by atoms with Crippen molar-refractivity contribution in [2.75, 3.05) is 11.4 Å². The van der Waals surface area contributed by atoms with Gasteiger partial charge in [0.1, 0.15) is 5.69 Å². The molecule has 3 rings (SSSR count). The maximum absolute atomic E-state index is 12.5. The van der Waals surface area contributed by atoms with E-state index < -0.39 is 11.6 Å². The molecule has 1 aliphatic heterocycles. The molecule has 1 aromatic heterocycles. The number of hydrogen-bond donors (Lipinski definition) is 2. The van der Waals surface area contributed by atoms with Crippen LogP contribution in [0.25, 0.3) is 0 Å². The summed E-state index contributed by atoms with van der Waals surface area (Å²) in [5, 5.41) is 3.27. The van der Waals surface area contributed by atoms with Crippen LogP contribution in [0.3, 0.4) is 0 Å². The van der Waals surface area contributed by atoms with E-state index in [1.165, 1.54) is 0 Å². The molecule has 7 nitrogen and oxygen atoms in total. The molecule has 1 saturated heterocycles. The maximum atomic E-state index is 12.5. The minimum Gasteiger partial charge on any atom is -0.346 e. The molecule has 1 unspecified atom stereocenters. The summed E-state index contributed by atoms with van der Waals surface area (Å²) >= 11 is 6.17. The third kappa shape index (κ3) is 4.54. The van der Waals surface area contributed by atoms with E-state index >= 15 is 0 Å². The highest BCUT2D eigenvalue weighted by Crippen LogP contribution is 2.29. The molecular weight excluding hydrogens is 368 g/mol. The summed E-state index contributed by atoms with van der Waals surface area (Å²) in [5.41, 5.74) is 0.779. The van der Waals surface area contributed by atoms with Crippen LogP contribution in [-0.4, -0.2) is 34.4 Å². The number of halogens is 1. The number of aromatic nitrogens is 2. The Morgan fingerprint density at radius 1 is 1.37 bits per heavy atom. The summed E-state index contributed by atoms with van der Waals surface area (Å²) in [6, 6.07) is 8.28. The summed E-state index contributed by atoms with van der Waals surface area (Å²) in [7, 11) is 0. The van der Waals surface area contributed by atoms with Crippen molar-refractivity contribution in [1.82, 2.24) is 15.3 Å². The number of nitrogens with one attached hydrogen (secondary N) is 2. The van der Waals surface area contributed by atoms with E-state index in [1.54, 1.807) is 35.2 Å². The topological polar surface area (TPSA) is 95.2 Å². The predicted molar refractivity (Wildman–Crippen MR) is 103 cm³/mol. The van der Waals surface area contributed by atoms with Gasteiger partial charge in [-0.15, -0.1) is 0 Å². The average Bonchev–Trinajstić information content (AvgIpc) is 2.94. The van der Waals surface area contributed by atoms with Crippen LogP contribution in [0.1, 0.15) is 36.5 Å². The molecule has 1 aromatic carbocycles. The molecule has 1 atom stereocenters. The molecule has 0 spiro atoms. The minimum atomic E-state index is -0.557. The second kappa shape index (κ2) is 7.92. The van der Waals surface area contributed by atoms with Crippen LogP contribution >= 0.6 is 11.6 Å². The number of aromatic amines is 1. The van der Waals surface area contributed by atoms with Crippen molar-refractivity contribution in [3.05, 3.63) is 57.2 Å². The van der Waals surface area contributed by atoms with E-state index in [2.05, 4.69) is 15.3 Å². The summed E-state index contributed by atoms with van der Waals surface area (Å²) in [5.74, 6) is -0.256. The Hall–Kier alpha value is -2.67. The summed E-state index contributed by atoms with van der Waals surface area (Å²) in [4.78, 5) is 44.5. The van der Waals surface area contributed by atoms with E-state index in [0.717, 1.165) is 0 Å². The number of para-hydroxylation sites is 1. The quantitative estimate of drug-likeness (QED) is 0.820. The van der Waals surface area contributed by atoms with Gasteiger partial charge in [0, 0.05) is 18.7 Å². The van der Waals surface area contributed by atoms with Crippen molar-refractivity contribution in [1.29, 1.82) is 0 Å². The summed E-state index contributed by atoms with van der Waals surface area (Å²) < 4.78 is 0. The Balaban J connectivity index is 1.72. The zero-order valence-electron chi connectivity index (χ0n) is 15.2. The van der Waals surface area contributed by atoms with Crippen molar-refractivity contribution in [2.24, 2.45) is 5.92 Å². The second-order valence-electron chi connectivity index (χ2n) is 7.03. The van der Waals surface area contributed by atoms with Crippen LogP contribution in [-0.2, 0) is 11.2 Å². The lowest BCUT2D eigenvalue weighted by Gasteiger charge is -2.18. The Morgan fingerprint density at radius 2 is 2.11 bits per heavy atom. The van der Waals surface area contributed by atoms with Crippen molar-refractivity contribution in [3.63, 3.8) is 0 Å². The van der Waals surface area contributed by atoms with Gasteiger partial charge in [-0.05, 0) is 30.5 Å². The van der Waals surface area contributed by atoms with Crippen LogP contribution < -0.4 is 15.9 Å². The van der Waals surface area contributed by atoms with Crippen molar-refractivity contribution >= 4 is 29.1 Å². The fourth-order valence-electron chi connectivity index (χ4n) is 3.14. The van der Waals surface area contributed by atoms with E-state index in [9.17, 15) is 14.4 Å². The molecule has 0 bridgehead atoms. The molecule has 27 heavy (non-hydrogen) atoms. The van der Waals surface area contributed by atoms with E-state index in [1.807, 2.05) is 13.8 Å². The number of carbonyl (C=O) groups is 2. The molecular formula is C19H21ClN4O3. The van der Waals surface area contributed by atoms with Gasteiger partial charge in [0.2, 0.25) is 5.91 Å². The molecule has 2 amide bonds. The lowest BCUT2D eigenvalue weighted by molar-refractivity contribution is -0.117. The summed E-state index contributed by atoms with van der Waals surface area (Å²) in [6.45, 7) is 4.36. The van der Waals surface area contributed by atoms with E-state index in [0.29, 0.717) is 35.3 Å². The molecule has 0 radical (unpaired) electrons. The number of H-pyrrole nitrogens is 1. The third-order valence-corrected chi connectivity index (χ3v) is 4.58. The number of hydrogen-bond acceptors (Lipinski definition) is 4. The molecule has 2 N–H and O–H groups in total. The SMILES string of the molecule is CC(C)Cc1cc(C(=O)NC2CC(=O)N(c3ccccc3Cl)C2)nc(=O)[nH]1. The van der Waals surface area contributed by atoms with Crippen LogP contribution in [0, 0.1) is 5.92 Å². The first kappa shape index (κ1) is 19.1. The first-order valence-corrected chi connectivity index (χ1v) is 9.17. The molecule has 0 saturated carbocycles. The van der Waals surface area contributed by atoms with Gasteiger partial charge in [0.25, 0.3) is 5.91 Å². The molecule has 0 aliphatic carbocycles. The first-order valence-electron chi connectivity index (χ1n) is 8.79. The normalized spacial score (nSPS) is 16.8. The number of anilines is 1. The standard InChI is InChI=1S/C19H21ClN4O3/c1-11(2)7-12-8-15(23-19(27)22-12)18(26)21-13-9-17(25)24(10-13)16-6-4-3-5-14(16)20/h3-6,8,11,13H,7,9-10H2,1-2H3,(H,21,26)(H,22,23,27). The maximum Gasteiger partial charge on any atom is 0.345 e. The highest BCUT2D eigenvalue weighted by Gasteiger charge is 2.32. The van der Waals surface area contributed by atoms with Crippen LogP contribution in [0.15, 0.2) is 35.1 Å². The van der Waals surface area contributed by atoms with Crippen LogP contribution in [0.2, 0.25) is 5.02 Å². The van der Waals surface area contributed by atoms with Gasteiger partial charge in [-0.2, -0.15) is 4.98 Å². The molecule has 8 heteroatoms. The Kier molecular flexibility index (Phi) is 5.60. The Bertz CT molecular complexity index is 925. The fraction of sp³-hybridized carbons (Fsp3) is 0.368. The van der Waals surface area contributed by atoms with Gasteiger partial charge in [0.15, 0.2) is 0 Å². The number of rotatable bonds is 5. The highest BCUT2D eigenvalue weighted by atomic mass is 35.5. The molecule has 1 aliphatic rings. The zero-order chi connectivity index (χ0) is 19.6. The number of carbonyl (C=O) groups excluding carboxylic acids is 2.